The highest BCUT2D eigenvalue weighted by Crippen LogP contribution is 2.35. The first-order chi connectivity index (χ1) is 6.19. The van der Waals surface area contributed by atoms with E-state index in [4.69, 9.17) is 0 Å². The number of hydrogen-bond donors (Lipinski definition) is 0. The number of aliphatic imine (C=N–C) groups is 1. The van der Waals surface area contributed by atoms with Gasteiger partial charge >= 0.3 is 0 Å². The van der Waals surface area contributed by atoms with Gasteiger partial charge in [0.2, 0.25) is 6.08 Å². The molecule has 1 aromatic heterocycles. The Labute approximate surface area is 82.3 Å². The molecule has 0 saturated carbocycles. The second-order valence-corrected chi connectivity index (χ2v) is 4.34. The predicted molar refractivity (Wildman–Crippen MR) is 55.6 cm³/mol. The van der Waals surface area contributed by atoms with Crippen LogP contribution in [0.4, 0.5) is 5.69 Å². The SMILES string of the molecule is CCc1cc(N=C=O)c(C(C)C)s1. The van der Waals surface area contributed by atoms with Crippen molar-refractivity contribution in [3.63, 3.8) is 0 Å². The number of aryl methyl sites for hydroxylation is 1. The normalized spacial score (nSPS) is 10.2. The first kappa shape index (κ1) is 10.2. The second-order valence-electron chi connectivity index (χ2n) is 3.17. The summed E-state index contributed by atoms with van der Waals surface area (Å²) < 4.78 is 0. The predicted octanol–water partition coefficient (Wildman–Crippen LogP) is 3.40. The molecule has 1 rings (SSSR count). The van der Waals surface area contributed by atoms with Gasteiger partial charge in [-0.1, -0.05) is 20.8 Å². The Kier molecular flexibility index (Phi) is 3.40. The fraction of sp³-hybridized carbons (Fsp3) is 0.500. The summed E-state index contributed by atoms with van der Waals surface area (Å²) in [6, 6.07) is 1.98. The summed E-state index contributed by atoms with van der Waals surface area (Å²) in [5.74, 6) is 0.428. The van der Waals surface area contributed by atoms with Gasteiger partial charge < -0.3 is 0 Å². The van der Waals surface area contributed by atoms with Gasteiger partial charge in [-0.2, -0.15) is 4.99 Å². The Morgan fingerprint density at radius 1 is 1.62 bits per heavy atom. The van der Waals surface area contributed by atoms with E-state index in [0.29, 0.717) is 5.92 Å². The topological polar surface area (TPSA) is 29.4 Å². The molecular formula is C10H13NOS. The maximum atomic E-state index is 10.2. The Bertz CT molecular complexity index is 335. The van der Waals surface area contributed by atoms with E-state index in [-0.39, 0.29) is 0 Å². The number of rotatable bonds is 3. The van der Waals surface area contributed by atoms with Gasteiger partial charge in [0.25, 0.3) is 0 Å². The van der Waals surface area contributed by atoms with E-state index in [1.165, 1.54) is 9.75 Å². The lowest BCUT2D eigenvalue weighted by Crippen LogP contribution is -1.80. The van der Waals surface area contributed by atoms with Crippen LogP contribution < -0.4 is 0 Å². The van der Waals surface area contributed by atoms with Crippen molar-refractivity contribution >= 4 is 23.1 Å². The van der Waals surface area contributed by atoms with Crippen LogP contribution in [-0.2, 0) is 11.2 Å². The van der Waals surface area contributed by atoms with Crippen LogP contribution in [0, 0.1) is 0 Å². The lowest BCUT2D eigenvalue weighted by atomic mass is 10.1. The first-order valence-corrected chi connectivity index (χ1v) is 5.21. The number of isocyanates is 1. The van der Waals surface area contributed by atoms with Crippen LogP contribution in [0.5, 0.6) is 0 Å². The van der Waals surface area contributed by atoms with Crippen LogP contribution in [0.15, 0.2) is 11.1 Å². The highest BCUT2D eigenvalue weighted by atomic mass is 32.1. The van der Waals surface area contributed by atoms with Crippen LogP contribution in [0.2, 0.25) is 0 Å². The average Bonchev–Trinajstić information content (AvgIpc) is 2.48. The van der Waals surface area contributed by atoms with Gasteiger partial charge in [-0.15, -0.1) is 11.3 Å². The Morgan fingerprint density at radius 3 is 2.77 bits per heavy atom. The quantitative estimate of drug-likeness (QED) is 0.537. The molecule has 0 spiro atoms. The van der Waals surface area contributed by atoms with E-state index in [2.05, 4.69) is 25.8 Å². The number of hydrogen-bond acceptors (Lipinski definition) is 3. The van der Waals surface area contributed by atoms with Gasteiger partial charge in [-0.25, -0.2) is 4.79 Å². The number of nitrogens with zero attached hydrogens (tertiary/aromatic N) is 1. The largest absolute Gasteiger partial charge is 0.240 e. The Hall–Kier alpha value is -0.920. The third-order valence-corrected chi connectivity index (χ3v) is 3.40. The molecule has 70 valence electrons. The molecule has 0 radical (unpaired) electrons. The summed E-state index contributed by atoms with van der Waals surface area (Å²) in [5, 5.41) is 0. The van der Waals surface area contributed by atoms with Crippen molar-refractivity contribution in [2.75, 3.05) is 0 Å². The maximum Gasteiger partial charge on any atom is 0.240 e. The van der Waals surface area contributed by atoms with Gasteiger partial charge in [-0.3, -0.25) is 0 Å². The standard InChI is InChI=1S/C10H13NOS/c1-4-8-5-9(11-6-12)10(13-8)7(2)3/h5,7H,4H2,1-3H3. The summed E-state index contributed by atoms with van der Waals surface area (Å²) in [4.78, 5) is 16.3. The molecule has 3 heteroatoms. The molecule has 0 aliphatic heterocycles. The second kappa shape index (κ2) is 4.35. The summed E-state index contributed by atoms with van der Waals surface area (Å²) in [5.41, 5.74) is 0.798. The molecule has 2 nitrogen and oxygen atoms in total. The summed E-state index contributed by atoms with van der Waals surface area (Å²) in [6.07, 6.45) is 2.60. The lowest BCUT2D eigenvalue weighted by molar-refractivity contribution is 0.565. The van der Waals surface area contributed by atoms with Crippen molar-refractivity contribution < 1.29 is 4.79 Å². The van der Waals surface area contributed by atoms with Crippen molar-refractivity contribution in [3.8, 4) is 0 Å². The summed E-state index contributed by atoms with van der Waals surface area (Å²) in [7, 11) is 0. The Balaban J connectivity index is 3.14. The molecular weight excluding hydrogens is 182 g/mol. The van der Waals surface area contributed by atoms with Crippen molar-refractivity contribution in [2.45, 2.75) is 33.1 Å². The average molecular weight is 195 g/mol. The molecule has 13 heavy (non-hydrogen) atoms. The van der Waals surface area contributed by atoms with Gasteiger partial charge in [0.1, 0.15) is 0 Å². The van der Waals surface area contributed by atoms with E-state index in [1.807, 2.05) is 6.07 Å². The van der Waals surface area contributed by atoms with Crippen molar-refractivity contribution in [1.29, 1.82) is 0 Å². The van der Waals surface area contributed by atoms with E-state index < -0.39 is 0 Å². The third kappa shape index (κ3) is 2.27. The van der Waals surface area contributed by atoms with E-state index in [9.17, 15) is 4.79 Å². The molecule has 0 aliphatic rings. The lowest BCUT2D eigenvalue weighted by Gasteiger charge is -2.00. The first-order valence-electron chi connectivity index (χ1n) is 4.39. The molecule has 0 atom stereocenters. The zero-order valence-corrected chi connectivity index (χ0v) is 8.94. The van der Waals surface area contributed by atoms with Crippen LogP contribution in [0.25, 0.3) is 0 Å². The molecule has 0 amide bonds. The molecule has 0 aliphatic carbocycles. The maximum absolute atomic E-state index is 10.2. The highest BCUT2D eigenvalue weighted by Gasteiger charge is 2.10. The molecule has 0 N–H and O–H groups in total. The fourth-order valence-electron chi connectivity index (χ4n) is 1.17. The smallest absolute Gasteiger partial charge is 0.211 e. The van der Waals surface area contributed by atoms with Gasteiger partial charge in [0.05, 0.1) is 5.69 Å². The number of carbonyl (C=O) groups excluding carboxylic acids is 1. The molecule has 0 bridgehead atoms. The molecule has 0 fully saturated rings. The molecule has 1 aromatic rings. The van der Waals surface area contributed by atoms with Crippen LogP contribution in [0.1, 0.15) is 36.4 Å². The van der Waals surface area contributed by atoms with Crippen LogP contribution in [0.3, 0.4) is 0 Å². The van der Waals surface area contributed by atoms with Crippen molar-refractivity contribution in [1.82, 2.24) is 0 Å². The van der Waals surface area contributed by atoms with Gasteiger partial charge in [0.15, 0.2) is 0 Å². The van der Waals surface area contributed by atoms with E-state index >= 15 is 0 Å². The van der Waals surface area contributed by atoms with E-state index in [0.717, 1.165) is 12.1 Å². The van der Waals surface area contributed by atoms with Gasteiger partial charge in [0, 0.05) is 9.75 Å². The van der Waals surface area contributed by atoms with Crippen molar-refractivity contribution in [3.05, 3.63) is 15.8 Å². The van der Waals surface area contributed by atoms with E-state index in [1.54, 1.807) is 17.4 Å². The fourth-order valence-corrected chi connectivity index (χ4v) is 2.21. The van der Waals surface area contributed by atoms with Crippen LogP contribution >= 0.6 is 11.3 Å². The number of thiophene rings is 1. The zero-order chi connectivity index (χ0) is 9.84. The minimum atomic E-state index is 0.428. The summed E-state index contributed by atoms with van der Waals surface area (Å²) >= 11 is 1.73. The minimum Gasteiger partial charge on any atom is -0.211 e. The summed E-state index contributed by atoms with van der Waals surface area (Å²) in [6.45, 7) is 6.31. The van der Waals surface area contributed by atoms with Gasteiger partial charge in [-0.05, 0) is 18.4 Å². The molecule has 1 heterocycles. The monoisotopic (exact) mass is 195 g/mol. The highest BCUT2D eigenvalue weighted by molar-refractivity contribution is 7.12. The van der Waals surface area contributed by atoms with Crippen LogP contribution in [-0.4, -0.2) is 6.08 Å². The zero-order valence-electron chi connectivity index (χ0n) is 8.13. The Morgan fingerprint density at radius 2 is 2.31 bits per heavy atom. The molecule has 0 aromatic carbocycles. The third-order valence-electron chi connectivity index (χ3n) is 1.83. The minimum absolute atomic E-state index is 0.428. The molecule has 0 saturated heterocycles. The van der Waals surface area contributed by atoms with Crippen molar-refractivity contribution in [2.24, 2.45) is 4.99 Å². The molecule has 0 unspecified atom stereocenters.